The summed E-state index contributed by atoms with van der Waals surface area (Å²) in [5.41, 5.74) is 0.974. The molecule has 0 aromatic heterocycles. The van der Waals surface area contributed by atoms with E-state index in [0.29, 0.717) is 16.9 Å². The number of amides is 4. The van der Waals surface area contributed by atoms with Gasteiger partial charge in [0.05, 0.1) is 0 Å². The van der Waals surface area contributed by atoms with E-state index in [1.807, 2.05) is 25.1 Å². The van der Waals surface area contributed by atoms with Crippen LogP contribution in [0.5, 0.6) is 0 Å². The molecule has 1 aromatic carbocycles. The normalized spacial score (nSPS) is 29.6. The van der Waals surface area contributed by atoms with Crippen molar-refractivity contribution in [2.24, 2.45) is 11.8 Å². The highest BCUT2D eigenvalue weighted by atomic mass is 35.5. The van der Waals surface area contributed by atoms with Crippen LogP contribution in [0, 0.1) is 11.8 Å². The number of hydrogen-bond acceptors (Lipinski definition) is 3. The first-order chi connectivity index (χ1) is 12.4. The Hall–Kier alpha value is -1.88. The monoisotopic (exact) mass is 374 g/mol. The topological polar surface area (TPSA) is 57.7 Å². The van der Waals surface area contributed by atoms with E-state index in [2.05, 4.69) is 0 Å². The van der Waals surface area contributed by atoms with E-state index in [0.717, 1.165) is 24.8 Å². The maximum atomic E-state index is 13.0. The first-order valence-electron chi connectivity index (χ1n) is 9.36. The van der Waals surface area contributed by atoms with Gasteiger partial charge in [0, 0.05) is 17.6 Å². The number of carbonyl (C=O) groups excluding carboxylic acids is 3. The van der Waals surface area contributed by atoms with Gasteiger partial charge in [-0.15, -0.1) is 0 Å². The van der Waals surface area contributed by atoms with Crippen LogP contribution in [0.15, 0.2) is 24.3 Å². The number of barbiturate groups is 1. The Morgan fingerprint density at radius 1 is 1.15 bits per heavy atom. The van der Waals surface area contributed by atoms with Gasteiger partial charge in [-0.05, 0) is 54.7 Å². The van der Waals surface area contributed by atoms with Gasteiger partial charge in [-0.1, -0.05) is 37.1 Å². The molecule has 3 aliphatic rings. The second kappa shape index (κ2) is 6.69. The fourth-order valence-corrected chi connectivity index (χ4v) is 5.08. The number of fused-ring (bicyclic) bond motifs is 2. The molecule has 4 amide bonds. The molecule has 0 N–H and O–H groups in total. The summed E-state index contributed by atoms with van der Waals surface area (Å²) >= 11 is 6.05. The third-order valence-corrected chi connectivity index (χ3v) is 6.45. The van der Waals surface area contributed by atoms with Crippen molar-refractivity contribution >= 4 is 29.4 Å². The number of carbonyl (C=O) groups is 3. The van der Waals surface area contributed by atoms with Crippen molar-refractivity contribution in [1.29, 1.82) is 0 Å². The van der Waals surface area contributed by atoms with E-state index in [9.17, 15) is 14.4 Å². The van der Waals surface area contributed by atoms with E-state index in [4.69, 9.17) is 11.6 Å². The lowest BCUT2D eigenvalue weighted by Crippen LogP contribution is -2.59. The summed E-state index contributed by atoms with van der Waals surface area (Å²) < 4.78 is 0. The van der Waals surface area contributed by atoms with Crippen LogP contribution >= 0.6 is 11.6 Å². The van der Waals surface area contributed by atoms with Crippen molar-refractivity contribution in [3.05, 3.63) is 34.9 Å². The number of imide groups is 2. The summed E-state index contributed by atoms with van der Waals surface area (Å²) in [6.07, 6.45) is 4.08. The zero-order valence-corrected chi connectivity index (χ0v) is 15.6. The highest BCUT2D eigenvalue weighted by Crippen LogP contribution is 2.47. The lowest BCUT2D eigenvalue weighted by Gasteiger charge is -2.39. The molecular weight excluding hydrogens is 352 g/mol. The average molecular weight is 375 g/mol. The number of nitrogens with zero attached hydrogens (tertiary/aromatic N) is 2. The molecule has 1 saturated heterocycles. The first kappa shape index (κ1) is 17.5. The Morgan fingerprint density at radius 3 is 2.62 bits per heavy atom. The molecule has 26 heavy (non-hydrogen) atoms. The second-order valence-corrected chi connectivity index (χ2v) is 8.36. The standard InChI is InChI=1S/C20H23ClN2O3/c1-12(14-3-2-4-16(21)9-14)11-22-18(24)10-19(25)23(20(22)26)17-8-13-5-6-15(17)7-13/h2-4,9,12-13,15,17H,5-8,10-11H2,1H3. The Kier molecular flexibility index (Phi) is 4.51. The zero-order chi connectivity index (χ0) is 18.4. The van der Waals surface area contributed by atoms with E-state index < -0.39 is 11.9 Å². The Morgan fingerprint density at radius 2 is 1.96 bits per heavy atom. The van der Waals surface area contributed by atoms with Crippen LogP contribution < -0.4 is 0 Å². The average Bonchev–Trinajstić information content (AvgIpc) is 3.21. The molecule has 4 atom stereocenters. The van der Waals surface area contributed by atoms with E-state index in [-0.39, 0.29) is 30.8 Å². The Bertz CT molecular complexity index is 765. The van der Waals surface area contributed by atoms with Gasteiger partial charge in [0.1, 0.15) is 6.42 Å². The molecule has 2 bridgehead atoms. The zero-order valence-electron chi connectivity index (χ0n) is 14.9. The van der Waals surface area contributed by atoms with Gasteiger partial charge in [-0.25, -0.2) is 4.79 Å². The Labute approximate surface area is 158 Å². The molecule has 2 aliphatic carbocycles. The fraction of sp³-hybridized carbons (Fsp3) is 0.550. The SMILES string of the molecule is CC(CN1C(=O)CC(=O)N(C2CC3CCC2C3)C1=O)c1cccc(Cl)c1. The highest BCUT2D eigenvalue weighted by molar-refractivity contribution is 6.30. The first-order valence-corrected chi connectivity index (χ1v) is 9.73. The van der Waals surface area contributed by atoms with Crippen LogP contribution in [-0.4, -0.2) is 40.2 Å². The summed E-state index contributed by atoms with van der Waals surface area (Å²) in [5, 5.41) is 0.629. The molecule has 1 heterocycles. The summed E-state index contributed by atoms with van der Waals surface area (Å²) in [6.45, 7) is 2.23. The molecule has 0 spiro atoms. The van der Waals surface area contributed by atoms with E-state index in [1.165, 1.54) is 16.2 Å². The molecule has 4 unspecified atom stereocenters. The lowest BCUT2D eigenvalue weighted by atomic mass is 9.93. The van der Waals surface area contributed by atoms with Crippen LogP contribution in [0.25, 0.3) is 0 Å². The minimum Gasteiger partial charge on any atom is -0.274 e. The smallest absolute Gasteiger partial charge is 0.274 e. The van der Waals surface area contributed by atoms with Crippen LogP contribution in [0.1, 0.15) is 50.5 Å². The molecular formula is C20H23ClN2O3. The van der Waals surface area contributed by atoms with Gasteiger partial charge in [-0.2, -0.15) is 0 Å². The van der Waals surface area contributed by atoms with Crippen molar-refractivity contribution in [3.8, 4) is 0 Å². The van der Waals surface area contributed by atoms with Crippen molar-refractivity contribution in [2.45, 2.75) is 51.0 Å². The third-order valence-electron chi connectivity index (χ3n) is 6.22. The highest BCUT2D eigenvalue weighted by Gasteiger charge is 2.49. The van der Waals surface area contributed by atoms with Crippen molar-refractivity contribution in [1.82, 2.24) is 9.80 Å². The molecule has 1 aliphatic heterocycles. The van der Waals surface area contributed by atoms with Crippen molar-refractivity contribution in [3.63, 3.8) is 0 Å². The number of halogens is 1. The van der Waals surface area contributed by atoms with E-state index in [1.54, 1.807) is 6.07 Å². The number of hydrogen-bond donors (Lipinski definition) is 0. The van der Waals surface area contributed by atoms with Crippen LogP contribution in [0.3, 0.4) is 0 Å². The third kappa shape index (κ3) is 3.02. The largest absolute Gasteiger partial charge is 0.333 e. The fourth-order valence-electron chi connectivity index (χ4n) is 4.88. The molecule has 3 fully saturated rings. The van der Waals surface area contributed by atoms with E-state index >= 15 is 0 Å². The predicted molar refractivity (Wildman–Crippen MR) is 97.7 cm³/mol. The summed E-state index contributed by atoms with van der Waals surface area (Å²) in [7, 11) is 0. The number of urea groups is 1. The van der Waals surface area contributed by atoms with Gasteiger partial charge >= 0.3 is 6.03 Å². The van der Waals surface area contributed by atoms with Gasteiger partial charge in [0.2, 0.25) is 11.8 Å². The quantitative estimate of drug-likeness (QED) is 0.753. The van der Waals surface area contributed by atoms with Crippen molar-refractivity contribution < 1.29 is 14.4 Å². The van der Waals surface area contributed by atoms with Gasteiger partial charge in [0.25, 0.3) is 0 Å². The number of rotatable bonds is 4. The molecule has 0 radical (unpaired) electrons. The Balaban J connectivity index is 1.53. The van der Waals surface area contributed by atoms with Crippen LogP contribution in [0.2, 0.25) is 5.02 Å². The lowest BCUT2D eigenvalue weighted by molar-refractivity contribution is -0.144. The number of benzene rings is 1. The van der Waals surface area contributed by atoms with Gasteiger partial charge in [0.15, 0.2) is 0 Å². The van der Waals surface area contributed by atoms with Gasteiger partial charge in [-0.3, -0.25) is 19.4 Å². The van der Waals surface area contributed by atoms with Crippen LogP contribution in [-0.2, 0) is 9.59 Å². The maximum absolute atomic E-state index is 13.0. The van der Waals surface area contributed by atoms with Crippen LogP contribution in [0.4, 0.5) is 4.79 Å². The summed E-state index contributed by atoms with van der Waals surface area (Å²) in [5.74, 6) is 0.268. The molecule has 1 aromatic rings. The molecule has 2 saturated carbocycles. The van der Waals surface area contributed by atoms with Crippen molar-refractivity contribution in [2.75, 3.05) is 6.54 Å². The van der Waals surface area contributed by atoms with Gasteiger partial charge < -0.3 is 0 Å². The second-order valence-electron chi connectivity index (χ2n) is 7.93. The summed E-state index contributed by atoms with van der Waals surface area (Å²) in [4.78, 5) is 40.6. The minimum absolute atomic E-state index is 0.0224. The maximum Gasteiger partial charge on any atom is 0.333 e. The molecule has 138 valence electrons. The minimum atomic E-state index is -0.433. The molecule has 5 nitrogen and oxygen atoms in total. The molecule has 4 rings (SSSR count). The molecule has 6 heteroatoms. The predicted octanol–water partition coefficient (Wildman–Crippen LogP) is 3.81. The summed E-state index contributed by atoms with van der Waals surface area (Å²) in [6, 6.07) is 6.99.